The van der Waals surface area contributed by atoms with E-state index in [1.165, 1.54) is 24.3 Å². The SMILES string of the molecule is O=C(Cn1nc(-c2ccc(Cl)cc2)n(C[C@H](O)C(F)(F)F)c1=O)NC(c1cccc(C(F)(F)F)c1)c1noc(C(F)(F)F)n1. The molecule has 1 unspecified atom stereocenters. The molecule has 4 aromatic rings. The normalized spacial score (nSPS) is 14.0. The van der Waals surface area contributed by atoms with Gasteiger partial charge in [-0.05, 0) is 42.0 Å². The van der Waals surface area contributed by atoms with Gasteiger partial charge in [-0.25, -0.2) is 9.48 Å². The van der Waals surface area contributed by atoms with Gasteiger partial charge in [-0.15, -0.1) is 5.10 Å². The fourth-order valence-electron chi connectivity index (χ4n) is 3.80. The number of hydrogen-bond donors (Lipinski definition) is 2. The monoisotopic (exact) mass is 658 g/mol. The van der Waals surface area contributed by atoms with Crippen molar-refractivity contribution in [3.05, 3.63) is 86.9 Å². The molecular formula is C24H16ClF9N6O4. The van der Waals surface area contributed by atoms with E-state index in [2.05, 4.69) is 25.1 Å². The van der Waals surface area contributed by atoms with E-state index < -0.39 is 84.0 Å². The Kier molecular flexibility index (Phi) is 8.83. The Labute approximate surface area is 243 Å². The van der Waals surface area contributed by atoms with E-state index in [4.69, 9.17) is 11.6 Å². The average Bonchev–Trinajstić information content (AvgIpc) is 3.53. The first kappa shape index (κ1) is 32.5. The number of alkyl halides is 9. The molecule has 0 saturated carbocycles. The molecule has 2 N–H and O–H groups in total. The maximum absolute atomic E-state index is 13.3. The molecule has 0 bridgehead atoms. The molecule has 44 heavy (non-hydrogen) atoms. The summed E-state index contributed by atoms with van der Waals surface area (Å²) < 4.78 is 123. The first-order valence-corrected chi connectivity index (χ1v) is 12.3. The van der Waals surface area contributed by atoms with Crippen LogP contribution in [0.15, 0.2) is 57.8 Å². The van der Waals surface area contributed by atoms with Crippen molar-refractivity contribution in [3.8, 4) is 11.4 Å². The minimum Gasteiger partial charge on any atom is -0.382 e. The largest absolute Gasteiger partial charge is 0.471 e. The molecule has 4 rings (SSSR count). The van der Waals surface area contributed by atoms with E-state index in [-0.39, 0.29) is 10.6 Å². The van der Waals surface area contributed by atoms with E-state index in [0.29, 0.717) is 21.4 Å². The molecule has 0 aliphatic carbocycles. The van der Waals surface area contributed by atoms with Gasteiger partial charge in [-0.3, -0.25) is 9.36 Å². The number of carbonyl (C=O) groups excluding carboxylic acids is 1. The predicted molar refractivity (Wildman–Crippen MR) is 130 cm³/mol. The zero-order valence-electron chi connectivity index (χ0n) is 21.4. The summed E-state index contributed by atoms with van der Waals surface area (Å²) in [4.78, 5) is 29.1. The van der Waals surface area contributed by atoms with E-state index in [0.717, 1.165) is 12.1 Å². The molecule has 236 valence electrons. The fourth-order valence-corrected chi connectivity index (χ4v) is 3.92. The van der Waals surface area contributed by atoms with Gasteiger partial charge in [0.05, 0.1) is 12.1 Å². The lowest BCUT2D eigenvalue weighted by Crippen LogP contribution is -2.39. The highest BCUT2D eigenvalue weighted by Crippen LogP contribution is 2.33. The third kappa shape index (κ3) is 7.39. The molecule has 2 heterocycles. The Bertz CT molecular complexity index is 1690. The summed E-state index contributed by atoms with van der Waals surface area (Å²) in [6.45, 7) is -2.42. The second-order valence-electron chi connectivity index (χ2n) is 9.02. The van der Waals surface area contributed by atoms with Crippen molar-refractivity contribution in [2.75, 3.05) is 0 Å². The maximum Gasteiger partial charge on any atom is 0.471 e. The van der Waals surface area contributed by atoms with Crippen LogP contribution in [0.5, 0.6) is 0 Å². The Morgan fingerprint density at radius 1 is 1.00 bits per heavy atom. The number of amides is 1. The van der Waals surface area contributed by atoms with Crippen molar-refractivity contribution in [1.29, 1.82) is 0 Å². The van der Waals surface area contributed by atoms with Crippen molar-refractivity contribution in [2.24, 2.45) is 0 Å². The molecule has 0 aliphatic heterocycles. The minimum atomic E-state index is -5.15. The van der Waals surface area contributed by atoms with Crippen LogP contribution < -0.4 is 11.0 Å². The van der Waals surface area contributed by atoms with Crippen LogP contribution >= 0.6 is 11.6 Å². The molecule has 0 saturated heterocycles. The molecule has 2 atom stereocenters. The lowest BCUT2D eigenvalue weighted by Gasteiger charge is -2.17. The predicted octanol–water partition coefficient (Wildman–Crippen LogP) is 4.61. The first-order valence-electron chi connectivity index (χ1n) is 11.9. The maximum atomic E-state index is 13.3. The molecule has 0 spiro atoms. The summed E-state index contributed by atoms with van der Waals surface area (Å²) in [6.07, 6.45) is -18.2. The number of benzene rings is 2. The van der Waals surface area contributed by atoms with Gasteiger partial charge in [0.2, 0.25) is 5.91 Å². The topological polar surface area (TPSA) is 128 Å². The smallest absolute Gasteiger partial charge is 0.382 e. The lowest BCUT2D eigenvalue weighted by molar-refractivity contribution is -0.207. The molecule has 1 amide bonds. The number of hydrogen-bond acceptors (Lipinski definition) is 7. The summed E-state index contributed by atoms with van der Waals surface area (Å²) in [5.74, 6) is -4.45. The third-order valence-corrected chi connectivity index (χ3v) is 6.10. The quantitative estimate of drug-likeness (QED) is 0.265. The van der Waals surface area contributed by atoms with Crippen LogP contribution in [0.1, 0.15) is 28.9 Å². The third-order valence-electron chi connectivity index (χ3n) is 5.85. The van der Waals surface area contributed by atoms with E-state index in [1.54, 1.807) is 0 Å². The molecule has 20 heteroatoms. The second-order valence-corrected chi connectivity index (χ2v) is 9.45. The summed E-state index contributed by atoms with van der Waals surface area (Å²) in [5.41, 5.74) is -2.94. The molecule has 2 aromatic heterocycles. The van der Waals surface area contributed by atoms with Crippen molar-refractivity contribution < 1.29 is 53.9 Å². The van der Waals surface area contributed by atoms with E-state index in [1.807, 2.05) is 0 Å². The van der Waals surface area contributed by atoms with Gasteiger partial charge in [0.1, 0.15) is 12.6 Å². The van der Waals surface area contributed by atoms with Crippen molar-refractivity contribution in [2.45, 2.75) is 43.8 Å². The standard InChI is InChI=1S/C24H16ClF9N6O4/c25-14-6-4-11(5-7-14)19-37-40(21(43)39(19)9-15(41)23(29,30)31)10-16(42)35-17(18-36-20(44-38-18)24(32,33)34)12-2-1-3-13(8-12)22(26,27)28/h1-8,15,17,41H,9-10H2,(H,35,42)/t15-,17?/m0/s1. The summed E-state index contributed by atoms with van der Waals surface area (Å²) in [7, 11) is 0. The molecule has 10 nitrogen and oxygen atoms in total. The van der Waals surface area contributed by atoms with E-state index >= 15 is 0 Å². The number of aliphatic hydroxyl groups excluding tert-OH is 1. The number of carbonyl (C=O) groups is 1. The first-order chi connectivity index (χ1) is 20.3. The Hall–Kier alpha value is -4.39. The van der Waals surface area contributed by atoms with Gasteiger partial charge >= 0.3 is 30.1 Å². The summed E-state index contributed by atoms with van der Waals surface area (Å²) in [6, 6.07) is 6.39. The van der Waals surface area contributed by atoms with Crippen LogP contribution in [0.25, 0.3) is 11.4 Å². The zero-order valence-corrected chi connectivity index (χ0v) is 22.1. The second kappa shape index (κ2) is 11.9. The number of rotatable bonds is 8. The van der Waals surface area contributed by atoms with Crippen LogP contribution in [0.2, 0.25) is 5.02 Å². The number of nitrogens with one attached hydrogen (secondary N) is 1. The van der Waals surface area contributed by atoms with Crippen molar-refractivity contribution in [3.63, 3.8) is 0 Å². The number of halogens is 10. The van der Waals surface area contributed by atoms with Crippen LogP contribution in [0, 0.1) is 0 Å². The number of nitrogens with zero attached hydrogens (tertiary/aromatic N) is 5. The summed E-state index contributed by atoms with van der Waals surface area (Å²) in [5, 5.41) is 18.9. The highest BCUT2D eigenvalue weighted by atomic mass is 35.5. The van der Waals surface area contributed by atoms with Gasteiger partial charge in [0, 0.05) is 10.6 Å². The Morgan fingerprint density at radius 2 is 1.66 bits per heavy atom. The Balaban J connectivity index is 1.71. The molecule has 0 radical (unpaired) electrons. The van der Waals surface area contributed by atoms with Crippen LogP contribution in [-0.2, 0) is 30.2 Å². The van der Waals surface area contributed by atoms with Crippen LogP contribution in [0.4, 0.5) is 39.5 Å². The highest BCUT2D eigenvalue weighted by molar-refractivity contribution is 6.30. The molecule has 2 aromatic carbocycles. The van der Waals surface area contributed by atoms with Crippen LogP contribution in [-0.4, -0.2) is 47.8 Å². The number of aromatic nitrogens is 5. The summed E-state index contributed by atoms with van der Waals surface area (Å²) >= 11 is 5.82. The van der Waals surface area contributed by atoms with Crippen LogP contribution in [0.3, 0.4) is 0 Å². The van der Waals surface area contributed by atoms with E-state index in [9.17, 15) is 54.2 Å². The zero-order chi connectivity index (χ0) is 32.6. The fraction of sp³-hybridized carbons (Fsp3) is 0.292. The van der Waals surface area contributed by atoms with Gasteiger partial charge < -0.3 is 14.9 Å². The average molecular weight is 659 g/mol. The molecular weight excluding hydrogens is 643 g/mol. The number of aliphatic hydroxyl groups is 1. The van der Waals surface area contributed by atoms with Gasteiger partial charge in [0.15, 0.2) is 17.8 Å². The Morgan fingerprint density at radius 3 is 2.23 bits per heavy atom. The highest BCUT2D eigenvalue weighted by Gasteiger charge is 2.41. The van der Waals surface area contributed by atoms with Crippen molar-refractivity contribution >= 4 is 17.5 Å². The lowest BCUT2D eigenvalue weighted by atomic mass is 10.0. The minimum absolute atomic E-state index is 0.0494. The molecule has 0 aliphatic rings. The van der Waals surface area contributed by atoms with Gasteiger partial charge in [0.25, 0.3) is 0 Å². The van der Waals surface area contributed by atoms with Crippen molar-refractivity contribution in [1.82, 2.24) is 29.8 Å². The van der Waals surface area contributed by atoms with Gasteiger partial charge in [-0.1, -0.05) is 28.9 Å². The van der Waals surface area contributed by atoms with Gasteiger partial charge in [-0.2, -0.15) is 44.5 Å². The molecule has 0 fully saturated rings.